The average Bonchev–Trinajstić information content (AvgIpc) is 2.94. The van der Waals surface area contributed by atoms with Crippen molar-refractivity contribution >= 4 is 15.9 Å². The maximum Gasteiger partial charge on any atom is 0.251 e. The van der Waals surface area contributed by atoms with Gasteiger partial charge in [0.25, 0.3) is 5.91 Å². The highest BCUT2D eigenvalue weighted by atomic mass is 32.2. The van der Waals surface area contributed by atoms with Crippen molar-refractivity contribution in [1.82, 2.24) is 14.5 Å². The topological polar surface area (TPSA) is 69.7 Å². The molecule has 1 amide bonds. The molecule has 2 saturated heterocycles. The number of nitrogens with zero attached hydrogens (tertiary/aromatic N) is 2. The van der Waals surface area contributed by atoms with E-state index in [0.717, 1.165) is 51.6 Å². The zero-order valence-electron chi connectivity index (χ0n) is 15.5. The maximum atomic E-state index is 12.9. The van der Waals surface area contributed by atoms with E-state index in [0.29, 0.717) is 18.7 Å². The van der Waals surface area contributed by atoms with Crippen LogP contribution in [0, 0.1) is 0 Å². The second-order valence-electron chi connectivity index (χ2n) is 7.40. The molecule has 26 heavy (non-hydrogen) atoms. The van der Waals surface area contributed by atoms with E-state index in [9.17, 15) is 13.2 Å². The van der Waals surface area contributed by atoms with Crippen LogP contribution in [0.15, 0.2) is 29.2 Å². The van der Waals surface area contributed by atoms with Gasteiger partial charge in [-0.3, -0.25) is 4.79 Å². The lowest BCUT2D eigenvalue weighted by Gasteiger charge is -2.29. The first-order valence-electron chi connectivity index (χ1n) is 9.56. The highest BCUT2D eigenvalue weighted by Gasteiger charge is 2.26. The van der Waals surface area contributed by atoms with Crippen LogP contribution in [0.25, 0.3) is 0 Å². The van der Waals surface area contributed by atoms with Crippen molar-refractivity contribution in [3.63, 3.8) is 0 Å². The summed E-state index contributed by atoms with van der Waals surface area (Å²) in [4.78, 5) is 15.0. The molecule has 2 aliphatic rings. The molecular weight excluding hydrogens is 350 g/mol. The van der Waals surface area contributed by atoms with E-state index in [2.05, 4.69) is 17.3 Å². The van der Waals surface area contributed by atoms with Crippen molar-refractivity contribution in [2.24, 2.45) is 0 Å². The number of likely N-dealkylation sites (tertiary alicyclic amines) is 1. The first kappa shape index (κ1) is 19.3. The largest absolute Gasteiger partial charge is 0.349 e. The average molecular weight is 380 g/mol. The molecule has 0 bridgehead atoms. The fourth-order valence-corrected chi connectivity index (χ4v) is 5.21. The Kier molecular flexibility index (Phi) is 6.32. The lowest BCUT2D eigenvalue weighted by Crippen LogP contribution is -2.43. The predicted octanol–water partition coefficient (Wildman–Crippen LogP) is 2.08. The molecule has 1 N–H and O–H groups in total. The Bertz CT molecular complexity index is 719. The first-order chi connectivity index (χ1) is 12.5. The van der Waals surface area contributed by atoms with Gasteiger partial charge in [-0.15, -0.1) is 0 Å². The number of rotatable bonds is 4. The summed E-state index contributed by atoms with van der Waals surface area (Å²) in [6.07, 6.45) is 5.79. The van der Waals surface area contributed by atoms with E-state index in [-0.39, 0.29) is 16.8 Å². The monoisotopic (exact) mass is 379 g/mol. The number of hydrogen-bond acceptors (Lipinski definition) is 4. The van der Waals surface area contributed by atoms with E-state index in [1.165, 1.54) is 6.07 Å². The van der Waals surface area contributed by atoms with Crippen molar-refractivity contribution < 1.29 is 13.2 Å². The van der Waals surface area contributed by atoms with Crippen LogP contribution < -0.4 is 5.32 Å². The molecule has 0 radical (unpaired) electrons. The number of carbonyl (C=O) groups excluding carboxylic acids is 1. The third kappa shape index (κ3) is 4.64. The molecule has 0 spiro atoms. The zero-order chi connectivity index (χ0) is 18.6. The number of piperidine rings is 1. The normalized spacial score (nSPS) is 21.3. The second kappa shape index (κ2) is 8.50. The molecule has 0 saturated carbocycles. The molecule has 6 nitrogen and oxygen atoms in total. The van der Waals surface area contributed by atoms with Crippen LogP contribution in [0.2, 0.25) is 0 Å². The van der Waals surface area contributed by atoms with Crippen LogP contribution in [0.4, 0.5) is 0 Å². The zero-order valence-corrected chi connectivity index (χ0v) is 16.3. The van der Waals surface area contributed by atoms with Crippen molar-refractivity contribution in [3.05, 3.63) is 29.8 Å². The van der Waals surface area contributed by atoms with Crippen LogP contribution in [0.5, 0.6) is 0 Å². The Morgan fingerprint density at radius 2 is 1.69 bits per heavy atom. The van der Waals surface area contributed by atoms with Crippen LogP contribution in [-0.2, 0) is 10.0 Å². The van der Waals surface area contributed by atoms with E-state index in [1.54, 1.807) is 22.5 Å². The summed E-state index contributed by atoms with van der Waals surface area (Å²) in [6, 6.07) is 6.61. The maximum absolute atomic E-state index is 12.9. The van der Waals surface area contributed by atoms with Gasteiger partial charge in [0.15, 0.2) is 0 Å². The van der Waals surface area contributed by atoms with E-state index in [1.807, 2.05) is 0 Å². The lowest BCUT2D eigenvalue weighted by atomic mass is 10.0. The van der Waals surface area contributed by atoms with Crippen molar-refractivity contribution in [2.45, 2.75) is 49.5 Å². The lowest BCUT2D eigenvalue weighted by molar-refractivity contribution is 0.0916. The molecule has 2 heterocycles. The van der Waals surface area contributed by atoms with E-state index < -0.39 is 10.0 Å². The Balaban J connectivity index is 1.71. The van der Waals surface area contributed by atoms with Crippen LogP contribution in [0.3, 0.4) is 0 Å². The SMILES string of the molecule is CN1CCC(NC(=O)c2cccc(S(=O)(=O)N3CCCCCC3)c2)CC1. The Morgan fingerprint density at radius 3 is 2.35 bits per heavy atom. The smallest absolute Gasteiger partial charge is 0.251 e. The van der Waals surface area contributed by atoms with Gasteiger partial charge < -0.3 is 10.2 Å². The third-order valence-corrected chi connectivity index (χ3v) is 7.25. The number of sulfonamides is 1. The van der Waals surface area contributed by atoms with Gasteiger partial charge in [0.2, 0.25) is 10.0 Å². The predicted molar refractivity (Wildman–Crippen MR) is 102 cm³/mol. The molecule has 3 rings (SSSR count). The first-order valence-corrected chi connectivity index (χ1v) is 11.0. The van der Waals surface area contributed by atoms with E-state index >= 15 is 0 Å². The summed E-state index contributed by atoms with van der Waals surface area (Å²) in [6.45, 7) is 3.06. The molecule has 0 aromatic heterocycles. The van der Waals surface area contributed by atoms with E-state index in [4.69, 9.17) is 0 Å². The number of hydrogen-bond donors (Lipinski definition) is 1. The highest BCUT2D eigenvalue weighted by Crippen LogP contribution is 2.21. The van der Waals surface area contributed by atoms with Gasteiger partial charge in [-0.25, -0.2) is 8.42 Å². The number of benzene rings is 1. The summed E-state index contributed by atoms with van der Waals surface area (Å²) >= 11 is 0. The summed E-state index contributed by atoms with van der Waals surface area (Å²) in [7, 11) is -1.46. The Labute approximate surface area is 156 Å². The molecule has 7 heteroatoms. The minimum absolute atomic E-state index is 0.157. The number of nitrogens with one attached hydrogen (secondary N) is 1. The fourth-order valence-electron chi connectivity index (χ4n) is 3.65. The molecule has 2 aliphatic heterocycles. The fraction of sp³-hybridized carbons (Fsp3) is 0.632. The van der Waals surface area contributed by atoms with Gasteiger partial charge in [0.1, 0.15) is 0 Å². The summed E-state index contributed by atoms with van der Waals surface area (Å²) < 4.78 is 27.4. The van der Waals surface area contributed by atoms with Gasteiger partial charge in [0.05, 0.1) is 4.90 Å². The summed E-state index contributed by atoms with van der Waals surface area (Å²) in [5.74, 6) is -0.188. The number of amides is 1. The van der Waals surface area contributed by atoms with Crippen molar-refractivity contribution in [2.75, 3.05) is 33.2 Å². The summed E-state index contributed by atoms with van der Waals surface area (Å²) in [5.41, 5.74) is 0.417. The quantitative estimate of drug-likeness (QED) is 0.870. The third-order valence-electron chi connectivity index (χ3n) is 5.35. The second-order valence-corrected chi connectivity index (χ2v) is 9.34. The van der Waals surface area contributed by atoms with Gasteiger partial charge in [-0.1, -0.05) is 18.9 Å². The molecule has 144 valence electrons. The van der Waals surface area contributed by atoms with Crippen LogP contribution >= 0.6 is 0 Å². The number of carbonyl (C=O) groups is 1. The minimum atomic E-state index is -3.54. The molecular formula is C19H29N3O3S. The highest BCUT2D eigenvalue weighted by molar-refractivity contribution is 7.89. The standard InChI is InChI=1S/C19H29N3O3S/c1-21-13-9-17(10-14-21)20-19(23)16-7-6-8-18(15-16)26(24,25)22-11-4-2-3-5-12-22/h6-8,15,17H,2-5,9-14H2,1H3,(H,20,23). The molecule has 1 aromatic carbocycles. The van der Waals surface area contributed by atoms with Gasteiger partial charge in [-0.2, -0.15) is 4.31 Å². The summed E-state index contributed by atoms with van der Waals surface area (Å²) in [5, 5.41) is 3.05. The van der Waals surface area contributed by atoms with Gasteiger partial charge >= 0.3 is 0 Å². The minimum Gasteiger partial charge on any atom is -0.349 e. The van der Waals surface area contributed by atoms with Crippen molar-refractivity contribution in [1.29, 1.82) is 0 Å². The van der Waals surface area contributed by atoms with Crippen LogP contribution in [0.1, 0.15) is 48.9 Å². The van der Waals surface area contributed by atoms with Gasteiger partial charge in [0, 0.05) is 24.7 Å². The van der Waals surface area contributed by atoms with Gasteiger partial charge in [-0.05, 0) is 64.0 Å². The molecule has 2 fully saturated rings. The molecule has 0 unspecified atom stereocenters. The molecule has 0 atom stereocenters. The Hall–Kier alpha value is -1.44. The Morgan fingerprint density at radius 1 is 1.04 bits per heavy atom. The van der Waals surface area contributed by atoms with Crippen LogP contribution in [-0.4, -0.2) is 62.8 Å². The van der Waals surface area contributed by atoms with Crippen molar-refractivity contribution in [3.8, 4) is 0 Å². The molecule has 0 aliphatic carbocycles. The molecule has 1 aromatic rings.